The molecule has 1 aromatic rings. The van der Waals surface area contributed by atoms with Gasteiger partial charge in [0.1, 0.15) is 4.90 Å². The molecule has 0 unspecified atom stereocenters. The Morgan fingerprint density at radius 3 is 2.60 bits per heavy atom. The highest BCUT2D eigenvalue weighted by Gasteiger charge is 2.24. The standard InChI is InChI=1S/C12H16Cl2N2O3S/c1-3-6-15-12(17)8(2)16-20(18,19)11-7-9(13)4-5-10(11)14/h4-5,7-8,16H,3,6H2,1-2H3,(H,15,17)/t8-/m0/s1. The van der Waals surface area contributed by atoms with Gasteiger partial charge in [0.2, 0.25) is 15.9 Å². The molecule has 0 aromatic heterocycles. The maximum absolute atomic E-state index is 12.2. The Morgan fingerprint density at radius 2 is 2.00 bits per heavy atom. The molecular weight excluding hydrogens is 323 g/mol. The third kappa shape index (κ3) is 4.63. The molecule has 1 rings (SSSR count). The molecule has 0 aliphatic rings. The molecule has 0 radical (unpaired) electrons. The van der Waals surface area contributed by atoms with Gasteiger partial charge in [-0.2, -0.15) is 4.72 Å². The first-order valence-electron chi connectivity index (χ1n) is 6.03. The fourth-order valence-electron chi connectivity index (χ4n) is 1.43. The van der Waals surface area contributed by atoms with E-state index >= 15 is 0 Å². The van der Waals surface area contributed by atoms with Gasteiger partial charge in [-0.1, -0.05) is 30.1 Å². The number of carbonyl (C=O) groups is 1. The van der Waals surface area contributed by atoms with Gasteiger partial charge in [-0.05, 0) is 31.5 Å². The summed E-state index contributed by atoms with van der Waals surface area (Å²) < 4.78 is 26.6. The summed E-state index contributed by atoms with van der Waals surface area (Å²) >= 11 is 11.6. The third-order valence-corrected chi connectivity index (χ3v) is 4.71. The van der Waals surface area contributed by atoms with Crippen molar-refractivity contribution in [1.29, 1.82) is 0 Å². The summed E-state index contributed by atoms with van der Waals surface area (Å²) in [5.41, 5.74) is 0. The van der Waals surface area contributed by atoms with E-state index in [1.807, 2.05) is 6.92 Å². The molecule has 0 fully saturated rings. The Kier molecular flexibility index (Phi) is 6.26. The van der Waals surface area contributed by atoms with Gasteiger partial charge in [0.25, 0.3) is 0 Å². The number of hydrogen-bond acceptors (Lipinski definition) is 3. The van der Waals surface area contributed by atoms with Crippen LogP contribution in [0.1, 0.15) is 20.3 Å². The predicted octanol–water partition coefficient (Wildman–Crippen LogP) is 2.19. The zero-order chi connectivity index (χ0) is 15.3. The molecule has 0 saturated carbocycles. The average molecular weight is 339 g/mol. The zero-order valence-corrected chi connectivity index (χ0v) is 13.4. The topological polar surface area (TPSA) is 75.3 Å². The number of amides is 1. The van der Waals surface area contributed by atoms with E-state index in [4.69, 9.17) is 23.2 Å². The van der Waals surface area contributed by atoms with Gasteiger partial charge in [-0.3, -0.25) is 4.79 Å². The second-order valence-corrected chi connectivity index (χ2v) is 6.73. The quantitative estimate of drug-likeness (QED) is 0.834. The number of hydrogen-bond donors (Lipinski definition) is 2. The molecular formula is C12H16Cl2N2O3S. The van der Waals surface area contributed by atoms with E-state index in [1.165, 1.54) is 25.1 Å². The van der Waals surface area contributed by atoms with Gasteiger partial charge in [0.05, 0.1) is 11.1 Å². The van der Waals surface area contributed by atoms with E-state index in [2.05, 4.69) is 10.0 Å². The van der Waals surface area contributed by atoms with Crippen molar-refractivity contribution in [3.05, 3.63) is 28.2 Å². The molecule has 0 aliphatic carbocycles. The first-order chi connectivity index (χ1) is 9.27. The fourth-order valence-corrected chi connectivity index (χ4v) is 3.40. The summed E-state index contributed by atoms with van der Waals surface area (Å²) in [4.78, 5) is 11.5. The van der Waals surface area contributed by atoms with Crippen LogP contribution < -0.4 is 10.0 Å². The van der Waals surface area contributed by atoms with Crippen LogP contribution in [0.5, 0.6) is 0 Å². The van der Waals surface area contributed by atoms with Crippen molar-refractivity contribution in [2.24, 2.45) is 0 Å². The lowest BCUT2D eigenvalue weighted by molar-refractivity contribution is -0.122. The molecule has 8 heteroatoms. The normalized spacial score (nSPS) is 13.0. The lowest BCUT2D eigenvalue weighted by Crippen LogP contribution is -2.44. The van der Waals surface area contributed by atoms with Crippen molar-refractivity contribution >= 4 is 39.1 Å². The average Bonchev–Trinajstić information content (AvgIpc) is 2.38. The Hall–Kier alpha value is -0.820. The summed E-state index contributed by atoms with van der Waals surface area (Å²) in [5, 5.41) is 2.90. The molecule has 0 saturated heterocycles. The summed E-state index contributed by atoms with van der Waals surface area (Å²) in [6.45, 7) is 3.85. The minimum absolute atomic E-state index is 0.0445. The Morgan fingerprint density at radius 1 is 1.35 bits per heavy atom. The summed E-state index contributed by atoms with van der Waals surface area (Å²) in [7, 11) is -3.91. The monoisotopic (exact) mass is 338 g/mol. The van der Waals surface area contributed by atoms with Gasteiger partial charge in [0, 0.05) is 11.6 Å². The summed E-state index contributed by atoms with van der Waals surface area (Å²) in [5.74, 6) is -0.395. The second-order valence-electron chi connectivity index (χ2n) is 4.21. The van der Waals surface area contributed by atoms with E-state index < -0.39 is 22.0 Å². The van der Waals surface area contributed by atoms with Crippen molar-refractivity contribution in [2.75, 3.05) is 6.54 Å². The van der Waals surface area contributed by atoms with Crippen LogP contribution in [0.3, 0.4) is 0 Å². The maximum Gasteiger partial charge on any atom is 0.242 e. The highest BCUT2D eigenvalue weighted by molar-refractivity contribution is 7.89. The van der Waals surface area contributed by atoms with Crippen molar-refractivity contribution in [3.63, 3.8) is 0 Å². The van der Waals surface area contributed by atoms with Gasteiger partial charge in [-0.25, -0.2) is 8.42 Å². The highest BCUT2D eigenvalue weighted by atomic mass is 35.5. The molecule has 112 valence electrons. The molecule has 20 heavy (non-hydrogen) atoms. The highest BCUT2D eigenvalue weighted by Crippen LogP contribution is 2.24. The molecule has 2 N–H and O–H groups in total. The van der Waals surface area contributed by atoms with E-state index in [9.17, 15) is 13.2 Å². The Labute approximate surface area is 128 Å². The van der Waals surface area contributed by atoms with Crippen molar-refractivity contribution < 1.29 is 13.2 Å². The maximum atomic E-state index is 12.2. The minimum Gasteiger partial charge on any atom is -0.355 e. The largest absolute Gasteiger partial charge is 0.355 e. The summed E-state index contributed by atoms with van der Waals surface area (Å²) in [6.07, 6.45) is 0.769. The molecule has 0 bridgehead atoms. The number of sulfonamides is 1. The molecule has 5 nitrogen and oxygen atoms in total. The molecule has 1 aromatic carbocycles. The van der Waals surface area contributed by atoms with E-state index in [-0.39, 0.29) is 14.9 Å². The van der Waals surface area contributed by atoms with E-state index in [1.54, 1.807) is 0 Å². The van der Waals surface area contributed by atoms with Gasteiger partial charge in [0.15, 0.2) is 0 Å². The smallest absolute Gasteiger partial charge is 0.242 e. The second kappa shape index (κ2) is 7.26. The van der Waals surface area contributed by atoms with Crippen LogP contribution in [0.2, 0.25) is 10.0 Å². The first-order valence-corrected chi connectivity index (χ1v) is 8.27. The van der Waals surface area contributed by atoms with Crippen LogP contribution in [0.15, 0.2) is 23.1 Å². The van der Waals surface area contributed by atoms with Crippen molar-refractivity contribution in [3.8, 4) is 0 Å². The molecule has 0 aliphatic heterocycles. The predicted molar refractivity (Wildman–Crippen MR) is 79.5 cm³/mol. The number of carbonyl (C=O) groups excluding carboxylic acids is 1. The summed E-state index contributed by atoms with van der Waals surface area (Å²) in [6, 6.07) is 3.21. The minimum atomic E-state index is -3.91. The van der Waals surface area contributed by atoms with E-state index in [0.29, 0.717) is 6.54 Å². The molecule has 1 atom stereocenters. The number of benzene rings is 1. The first kappa shape index (κ1) is 17.2. The molecule has 0 spiro atoms. The lowest BCUT2D eigenvalue weighted by atomic mass is 10.3. The van der Waals surface area contributed by atoms with Crippen LogP contribution >= 0.6 is 23.2 Å². The van der Waals surface area contributed by atoms with Crippen LogP contribution in [-0.4, -0.2) is 26.9 Å². The molecule has 0 heterocycles. The van der Waals surface area contributed by atoms with Crippen molar-refractivity contribution in [1.82, 2.24) is 10.0 Å². The Bertz CT molecular complexity index is 590. The van der Waals surface area contributed by atoms with Crippen LogP contribution in [0.25, 0.3) is 0 Å². The van der Waals surface area contributed by atoms with Crippen LogP contribution in [0.4, 0.5) is 0 Å². The van der Waals surface area contributed by atoms with Crippen molar-refractivity contribution in [2.45, 2.75) is 31.2 Å². The van der Waals surface area contributed by atoms with Gasteiger partial charge in [-0.15, -0.1) is 0 Å². The lowest BCUT2D eigenvalue weighted by Gasteiger charge is -2.15. The van der Waals surface area contributed by atoms with Crippen LogP contribution in [-0.2, 0) is 14.8 Å². The van der Waals surface area contributed by atoms with E-state index in [0.717, 1.165) is 6.42 Å². The molecule has 1 amide bonds. The number of rotatable bonds is 6. The van der Waals surface area contributed by atoms with Gasteiger partial charge >= 0.3 is 0 Å². The number of nitrogens with one attached hydrogen (secondary N) is 2. The number of halogens is 2. The zero-order valence-electron chi connectivity index (χ0n) is 11.1. The SMILES string of the molecule is CCCNC(=O)[C@H](C)NS(=O)(=O)c1cc(Cl)ccc1Cl. The van der Waals surface area contributed by atoms with Gasteiger partial charge < -0.3 is 5.32 Å². The fraction of sp³-hybridized carbons (Fsp3) is 0.417. The third-order valence-electron chi connectivity index (χ3n) is 2.46. The van der Waals surface area contributed by atoms with Crippen LogP contribution in [0, 0.1) is 0 Å². The Balaban J connectivity index is 2.89.